The molecule has 2 heterocycles. The number of nitrogens with zero attached hydrogens (tertiary/aromatic N) is 2. The van der Waals surface area contributed by atoms with Crippen LogP contribution in [-0.2, 0) is 22.9 Å². The Hall–Kier alpha value is -2.54. The molecule has 0 fully saturated rings. The molecule has 0 saturated carbocycles. The van der Waals surface area contributed by atoms with E-state index < -0.39 is 22.2 Å². The van der Waals surface area contributed by atoms with Gasteiger partial charge in [-0.3, -0.25) is 4.98 Å². The summed E-state index contributed by atoms with van der Waals surface area (Å²) in [6, 6.07) is 19.7. The number of rotatable bonds is 5. The van der Waals surface area contributed by atoms with Gasteiger partial charge in [-0.05, 0) is 42.2 Å². The smallest absolute Gasteiger partial charge is 0.243 e. The van der Waals surface area contributed by atoms with E-state index in [2.05, 4.69) is 4.98 Å². The van der Waals surface area contributed by atoms with Crippen molar-refractivity contribution in [1.82, 2.24) is 9.29 Å². The first-order chi connectivity index (χ1) is 13.6. The van der Waals surface area contributed by atoms with Crippen LogP contribution in [0.4, 0.5) is 0 Å². The molecule has 1 N–H and O–H groups in total. The number of hydrogen-bond acceptors (Lipinski definition) is 4. The highest BCUT2D eigenvalue weighted by molar-refractivity contribution is 7.89. The Balaban J connectivity index is 1.71. The SMILES string of the molecule is O=S1(=O)c2ccccc2C(O)C(Cc2ccncc2)N1CCc1ccccc1. The Bertz CT molecular complexity index is 1040. The van der Waals surface area contributed by atoms with Crippen LogP contribution >= 0.6 is 0 Å². The van der Waals surface area contributed by atoms with Crippen molar-refractivity contribution < 1.29 is 13.5 Å². The molecule has 0 spiro atoms. The highest BCUT2D eigenvalue weighted by atomic mass is 32.2. The van der Waals surface area contributed by atoms with Gasteiger partial charge in [-0.15, -0.1) is 0 Å². The van der Waals surface area contributed by atoms with Gasteiger partial charge in [0.2, 0.25) is 10.0 Å². The van der Waals surface area contributed by atoms with E-state index in [4.69, 9.17) is 0 Å². The van der Waals surface area contributed by atoms with Gasteiger partial charge >= 0.3 is 0 Å². The molecule has 5 nitrogen and oxygen atoms in total. The molecule has 6 heteroatoms. The summed E-state index contributed by atoms with van der Waals surface area (Å²) in [6.07, 6.45) is 3.49. The van der Waals surface area contributed by atoms with E-state index in [0.29, 0.717) is 24.9 Å². The first-order valence-electron chi connectivity index (χ1n) is 9.29. The summed E-state index contributed by atoms with van der Waals surface area (Å²) < 4.78 is 28.2. The van der Waals surface area contributed by atoms with Gasteiger partial charge in [0.1, 0.15) is 0 Å². The zero-order chi connectivity index (χ0) is 19.6. The maximum Gasteiger partial charge on any atom is 0.243 e. The summed E-state index contributed by atoms with van der Waals surface area (Å²) in [5.41, 5.74) is 2.48. The third-order valence-corrected chi connectivity index (χ3v) is 7.21. The fourth-order valence-corrected chi connectivity index (χ4v) is 5.64. The second kappa shape index (κ2) is 7.83. The van der Waals surface area contributed by atoms with E-state index >= 15 is 0 Å². The number of benzene rings is 2. The fourth-order valence-electron chi connectivity index (χ4n) is 3.77. The Morgan fingerprint density at radius 2 is 1.57 bits per heavy atom. The normalized spacial score (nSPS) is 21.2. The van der Waals surface area contributed by atoms with Crippen molar-refractivity contribution in [3.63, 3.8) is 0 Å². The molecular formula is C22H22N2O3S. The molecule has 4 rings (SSSR count). The predicted molar refractivity (Wildman–Crippen MR) is 107 cm³/mol. The average Bonchev–Trinajstić information content (AvgIpc) is 2.73. The van der Waals surface area contributed by atoms with E-state index in [1.165, 1.54) is 4.31 Å². The lowest BCUT2D eigenvalue weighted by Gasteiger charge is -2.39. The van der Waals surface area contributed by atoms with Crippen LogP contribution in [0.15, 0.2) is 84.0 Å². The van der Waals surface area contributed by atoms with Crippen LogP contribution in [0.1, 0.15) is 22.8 Å². The Morgan fingerprint density at radius 3 is 2.32 bits per heavy atom. The van der Waals surface area contributed by atoms with Crippen molar-refractivity contribution in [3.8, 4) is 0 Å². The number of sulfonamides is 1. The second-order valence-electron chi connectivity index (χ2n) is 6.96. The Labute approximate surface area is 165 Å². The van der Waals surface area contributed by atoms with Gasteiger partial charge in [0.25, 0.3) is 0 Å². The zero-order valence-corrected chi connectivity index (χ0v) is 16.2. The monoisotopic (exact) mass is 394 g/mol. The maximum absolute atomic E-state index is 13.4. The van der Waals surface area contributed by atoms with Gasteiger partial charge in [0.05, 0.1) is 17.0 Å². The maximum atomic E-state index is 13.4. The number of pyridine rings is 1. The summed E-state index contributed by atoms with van der Waals surface area (Å²) in [5, 5.41) is 11.1. The molecule has 1 aliphatic heterocycles. The summed E-state index contributed by atoms with van der Waals surface area (Å²) >= 11 is 0. The van der Waals surface area contributed by atoms with E-state index in [-0.39, 0.29) is 4.90 Å². The highest BCUT2D eigenvalue weighted by Gasteiger charge is 2.43. The standard InChI is InChI=1S/C22H22N2O3S/c25-22-19-8-4-5-9-21(19)28(26,27)24(15-12-17-6-2-1-3-7-17)20(22)16-18-10-13-23-14-11-18/h1-11,13-14,20,22,25H,12,15-16H2. The summed E-state index contributed by atoms with van der Waals surface area (Å²) in [7, 11) is -3.70. The molecule has 0 saturated heterocycles. The summed E-state index contributed by atoms with van der Waals surface area (Å²) in [5.74, 6) is 0. The molecule has 1 aliphatic rings. The van der Waals surface area contributed by atoms with Crippen molar-refractivity contribution in [2.24, 2.45) is 0 Å². The van der Waals surface area contributed by atoms with Crippen LogP contribution in [0.25, 0.3) is 0 Å². The van der Waals surface area contributed by atoms with Crippen molar-refractivity contribution in [2.45, 2.75) is 29.9 Å². The second-order valence-corrected chi connectivity index (χ2v) is 8.82. The minimum absolute atomic E-state index is 0.196. The van der Waals surface area contributed by atoms with E-state index in [1.54, 1.807) is 36.7 Å². The van der Waals surface area contributed by atoms with Crippen LogP contribution < -0.4 is 0 Å². The van der Waals surface area contributed by atoms with Gasteiger partial charge in [-0.25, -0.2) is 8.42 Å². The van der Waals surface area contributed by atoms with Gasteiger partial charge in [-0.1, -0.05) is 48.5 Å². The molecule has 1 aromatic heterocycles. The lowest BCUT2D eigenvalue weighted by atomic mass is 9.95. The van der Waals surface area contributed by atoms with Gasteiger partial charge < -0.3 is 5.11 Å². The molecule has 2 atom stereocenters. The Morgan fingerprint density at radius 1 is 0.893 bits per heavy atom. The predicted octanol–water partition coefficient (Wildman–Crippen LogP) is 2.97. The molecule has 28 heavy (non-hydrogen) atoms. The molecule has 2 unspecified atom stereocenters. The van der Waals surface area contributed by atoms with Crippen LogP contribution in [-0.4, -0.2) is 35.4 Å². The van der Waals surface area contributed by atoms with E-state index in [1.807, 2.05) is 42.5 Å². The van der Waals surface area contributed by atoms with Crippen molar-refractivity contribution in [2.75, 3.05) is 6.54 Å². The molecule has 2 aromatic carbocycles. The average molecular weight is 394 g/mol. The zero-order valence-electron chi connectivity index (χ0n) is 15.3. The van der Waals surface area contributed by atoms with Crippen LogP contribution in [0.3, 0.4) is 0 Å². The molecule has 0 amide bonds. The largest absolute Gasteiger partial charge is 0.387 e. The van der Waals surface area contributed by atoms with Crippen LogP contribution in [0.5, 0.6) is 0 Å². The van der Waals surface area contributed by atoms with Crippen molar-refractivity contribution >= 4 is 10.0 Å². The molecule has 0 aliphatic carbocycles. The van der Waals surface area contributed by atoms with E-state index in [9.17, 15) is 13.5 Å². The van der Waals surface area contributed by atoms with Crippen molar-refractivity contribution in [3.05, 3.63) is 95.8 Å². The lowest BCUT2D eigenvalue weighted by Crippen LogP contribution is -2.49. The van der Waals surface area contributed by atoms with Crippen LogP contribution in [0.2, 0.25) is 0 Å². The van der Waals surface area contributed by atoms with Gasteiger partial charge in [0.15, 0.2) is 0 Å². The fraction of sp³-hybridized carbons (Fsp3) is 0.227. The topological polar surface area (TPSA) is 70.5 Å². The highest BCUT2D eigenvalue weighted by Crippen LogP contribution is 2.38. The number of aliphatic hydroxyl groups is 1. The van der Waals surface area contributed by atoms with Gasteiger partial charge in [-0.2, -0.15) is 4.31 Å². The number of aromatic nitrogens is 1. The molecule has 0 bridgehead atoms. The molecule has 144 valence electrons. The molecule has 0 radical (unpaired) electrons. The van der Waals surface area contributed by atoms with E-state index in [0.717, 1.165) is 11.1 Å². The first-order valence-corrected chi connectivity index (χ1v) is 10.7. The summed E-state index contributed by atoms with van der Waals surface area (Å²) in [4.78, 5) is 4.22. The summed E-state index contributed by atoms with van der Waals surface area (Å²) in [6.45, 7) is 0.313. The third-order valence-electron chi connectivity index (χ3n) is 5.22. The van der Waals surface area contributed by atoms with Crippen LogP contribution in [0, 0.1) is 0 Å². The molecule has 3 aromatic rings. The first kappa shape index (κ1) is 18.8. The minimum Gasteiger partial charge on any atom is -0.387 e. The quantitative estimate of drug-likeness (QED) is 0.722. The minimum atomic E-state index is -3.70. The molecular weight excluding hydrogens is 372 g/mol. The number of fused-ring (bicyclic) bond motifs is 1. The van der Waals surface area contributed by atoms with Crippen molar-refractivity contribution in [1.29, 1.82) is 0 Å². The van der Waals surface area contributed by atoms with Gasteiger partial charge in [0, 0.05) is 24.5 Å². The number of aliphatic hydroxyl groups excluding tert-OH is 1. The number of hydrogen-bond donors (Lipinski definition) is 1. The third kappa shape index (κ3) is 3.58. The lowest BCUT2D eigenvalue weighted by molar-refractivity contribution is 0.0800. The Kier molecular flexibility index (Phi) is 5.26.